The first-order chi connectivity index (χ1) is 14.7. The molecule has 0 bridgehead atoms. The topological polar surface area (TPSA) is 106 Å². The Morgan fingerprint density at radius 1 is 1.33 bits per heavy atom. The van der Waals surface area contributed by atoms with E-state index in [0.717, 1.165) is 29.9 Å². The second-order valence-corrected chi connectivity index (χ2v) is 8.90. The zero-order chi connectivity index (χ0) is 20.9. The SMILES string of the molecule is CCNC(=O)c1cc2c(C(=NOCCN3CCCC3)c3cccs3)nc(N)nc2s1. The number of thiophene rings is 2. The van der Waals surface area contributed by atoms with E-state index in [1.165, 1.54) is 24.2 Å². The molecule has 1 amide bonds. The highest BCUT2D eigenvalue weighted by atomic mass is 32.1. The van der Waals surface area contributed by atoms with Gasteiger partial charge in [-0.3, -0.25) is 9.69 Å². The van der Waals surface area contributed by atoms with E-state index in [4.69, 9.17) is 10.6 Å². The summed E-state index contributed by atoms with van der Waals surface area (Å²) in [5, 5.41) is 9.97. The van der Waals surface area contributed by atoms with Crippen molar-refractivity contribution in [2.75, 3.05) is 38.5 Å². The normalized spacial score (nSPS) is 15.0. The summed E-state index contributed by atoms with van der Waals surface area (Å²) in [6, 6.07) is 5.72. The summed E-state index contributed by atoms with van der Waals surface area (Å²) < 4.78 is 0. The van der Waals surface area contributed by atoms with Crippen molar-refractivity contribution in [2.24, 2.45) is 5.16 Å². The van der Waals surface area contributed by atoms with Gasteiger partial charge in [-0.2, -0.15) is 0 Å². The Kier molecular flexibility index (Phi) is 6.56. The number of nitrogens with two attached hydrogens (primary N) is 1. The van der Waals surface area contributed by atoms with Gasteiger partial charge in [-0.25, -0.2) is 9.97 Å². The summed E-state index contributed by atoms with van der Waals surface area (Å²) in [6.45, 7) is 6.03. The van der Waals surface area contributed by atoms with Crippen molar-refractivity contribution in [2.45, 2.75) is 19.8 Å². The van der Waals surface area contributed by atoms with Crippen molar-refractivity contribution in [3.05, 3.63) is 39.0 Å². The number of likely N-dealkylation sites (tertiary alicyclic amines) is 1. The van der Waals surface area contributed by atoms with Gasteiger partial charge in [-0.1, -0.05) is 11.2 Å². The van der Waals surface area contributed by atoms with Crippen LogP contribution in [0, 0.1) is 0 Å². The Morgan fingerprint density at radius 3 is 2.90 bits per heavy atom. The van der Waals surface area contributed by atoms with Crippen LogP contribution in [0.2, 0.25) is 0 Å². The second-order valence-electron chi connectivity index (χ2n) is 6.92. The van der Waals surface area contributed by atoms with E-state index in [0.29, 0.717) is 34.3 Å². The lowest BCUT2D eigenvalue weighted by Crippen LogP contribution is -2.23. The molecule has 3 aromatic heterocycles. The summed E-state index contributed by atoms with van der Waals surface area (Å²) >= 11 is 2.84. The van der Waals surface area contributed by atoms with Gasteiger partial charge in [0.05, 0.1) is 9.75 Å². The lowest BCUT2D eigenvalue weighted by Gasteiger charge is -2.13. The molecule has 10 heteroatoms. The monoisotopic (exact) mass is 444 g/mol. The average Bonchev–Trinajstić information content (AvgIpc) is 3.49. The molecule has 0 saturated carbocycles. The second kappa shape index (κ2) is 9.50. The number of nitrogens with zero attached hydrogens (tertiary/aromatic N) is 4. The van der Waals surface area contributed by atoms with Crippen LogP contribution in [0.4, 0.5) is 5.95 Å². The quantitative estimate of drug-likeness (QED) is 0.314. The van der Waals surface area contributed by atoms with Crippen LogP contribution in [0.5, 0.6) is 0 Å². The molecule has 0 spiro atoms. The first kappa shape index (κ1) is 20.7. The molecule has 30 heavy (non-hydrogen) atoms. The van der Waals surface area contributed by atoms with Crippen molar-refractivity contribution in [1.82, 2.24) is 20.2 Å². The predicted molar refractivity (Wildman–Crippen MR) is 121 cm³/mol. The Hall–Kier alpha value is -2.56. The van der Waals surface area contributed by atoms with Gasteiger partial charge in [-0.05, 0) is 50.4 Å². The maximum Gasteiger partial charge on any atom is 0.261 e. The van der Waals surface area contributed by atoms with Crippen molar-refractivity contribution in [3.8, 4) is 0 Å². The molecular formula is C20H24N6O2S2. The van der Waals surface area contributed by atoms with E-state index in [2.05, 4.69) is 25.3 Å². The number of oxime groups is 1. The number of rotatable bonds is 8. The molecular weight excluding hydrogens is 420 g/mol. The van der Waals surface area contributed by atoms with Crippen molar-refractivity contribution < 1.29 is 9.63 Å². The average molecular weight is 445 g/mol. The highest BCUT2D eigenvalue weighted by molar-refractivity contribution is 7.20. The van der Waals surface area contributed by atoms with Crippen LogP contribution in [0.25, 0.3) is 10.2 Å². The number of nitrogen functional groups attached to an aromatic ring is 1. The van der Waals surface area contributed by atoms with E-state index >= 15 is 0 Å². The number of amides is 1. The van der Waals surface area contributed by atoms with Crippen LogP contribution in [0.15, 0.2) is 28.7 Å². The molecule has 3 aromatic rings. The smallest absolute Gasteiger partial charge is 0.261 e. The number of hydrogen-bond donors (Lipinski definition) is 2. The molecule has 3 N–H and O–H groups in total. The molecule has 1 saturated heterocycles. The summed E-state index contributed by atoms with van der Waals surface area (Å²) in [6.07, 6.45) is 2.49. The molecule has 0 aliphatic carbocycles. The molecule has 0 unspecified atom stereocenters. The Labute approximate surface area is 182 Å². The molecule has 158 valence electrons. The molecule has 0 radical (unpaired) electrons. The van der Waals surface area contributed by atoms with Crippen molar-refractivity contribution in [3.63, 3.8) is 0 Å². The number of carbonyl (C=O) groups excluding carboxylic acids is 1. The fourth-order valence-electron chi connectivity index (χ4n) is 3.38. The minimum Gasteiger partial charge on any atom is -0.394 e. The van der Waals surface area contributed by atoms with Gasteiger partial charge in [0, 0.05) is 18.5 Å². The zero-order valence-corrected chi connectivity index (χ0v) is 18.4. The van der Waals surface area contributed by atoms with Gasteiger partial charge in [0.2, 0.25) is 5.95 Å². The fourth-order valence-corrected chi connectivity index (χ4v) is 5.04. The number of aromatic nitrogens is 2. The van der Waals surface area contributed by atoms with Gasteiger partial charge in [0.25, 0.3) is 5.91 Å². The van der Waals surface area contributed by atoms with E-state index in [-0.39, 0.29) is 11.9 Å². The third kappa shape index (κ3) is 4.61. The molecule has 0 aromatic carbocycles. The minimum atomic E-state index is -0.138. The lowest BCUT2D eigenvalue weighted by atomic mass is 10.1. The summed E-state index contributed by atoms with van der Waals surface area (Å²) in [4.78, 5) is 31.3. The standard InChI is InChI=1S/C20H24N6O2S2/c1-2-22-18(27)15-12-13-16(23-20(21)24-19(13)30-15)17(14-6-5-11-29-14)25-28-10-9-26-7-3-4-8-26/h5-6,11-12H,2-4,7-10H2,1H3,(H,22,27)(H2,21,23,24). The van der Waals surface area contributed by atoms with Crippen LogP contribution in [-0.4, -0.2) is 59.3 Å². The zero-order valence-electron chi connectivity index (χ0n) is 16.8. The molecule has 1 aliphatic rings. The molecule has 0 atom stereocenters. The fraction of sp³-hybridized carbons (Fsp3) is 0.400. The van der Waals surface area contributed by atoms with E-state index in [9.17, 15) is 4.79 Å². The summed E-state index contributed by atoms with van der Waals surface area (Å²) in [5.41, 5.74) is 7.16. The number of hydrogen-bond acceptors (Lipinski definition) is 9. The van der Waals surface area contributed by atoms with Crippen LogP contribution in [0.3, 0.4) is 0 Å². The maximum atomic E-state index is 12.3. The third-order valence-electron chi connectivity index (χ3n) is 4.80. The van der Waals surface area contributed by atoms with Gasteiger partial charge in [0.1, 0.15) is 22.8 Å². The third-order valence-corrected chi connectivity index (χ3v) is 6.71. The summed E-state index contributed by atoms with van der Waals surface area (Å²) in [7, 11) is 0. The predicted octanol–water partition coefficient (Wildman–Crippen LogP) is 2.95. The van der Waals surface area contributed by atoms with Crippen LogP contribution < -0.4 is 11.1 Å². The molecule has 4 heterocycles. The molecule has 1 aliphatic heterocycles. The van der Waals surface area contributed by atoms with Crippen molar-refractivity contribution >= 4 is 50.5 Å². The van der Waals surface area contributed by atoms with Crippen LogP contribution in [0.1, 0.15) is 40.0 Å². The van der Waals surface area contributed by atoms with Crippen LogP contribution >= 0.6 is 22.7 Å². The van der Waals surface area contributed by atoms with E-state index in [1.54, 1.807) is 17.4 Å². The number of anilines is 1. The van der Waals surface area contributed by atoms with Gasteiger partial charge in [-0.15, -0.1) is 22.7 Å². The van der Waals surface area contributed by atoms with Crippen molar-refractivity contribution in [1.29, 1.82) is 0 Å². The first-order valence-corrected chi connectivity index (χ1v) is 11.7. The number of carbonyl (C=O) groups is 1. The Balaban J connectivity index is 1.67. The molecule has 1 fully saturated rings. The number of nitrogens with one attached hydrogen (secondary N) is 1. The van der Waals surface area contributed by atoms with Crippen LogP contribution in [-0.2, 0) is 4.84 Å². The maximum absolute atomic E-state index is 12.3. The van der Waals surface area contributed by atoms with E-state index in [1.807, 2.05) is 24.4 Å². The minimum absolute atomic E-state index is 0.138. The summed E-state index contributed by atoms with van der Waals surface area (Å²) in [5.74, 6) is 0.00428. The van der Waals surface area contributed by atoms with Gasteiger partial charge in [0.15, 0.2) is 0 Å². The largest absolute Gasteiger partial charge is 0.394 e. The highest BCUT2D eigenvalue weighted by Gasteiger charge is 2.20. The van der Waals surface area contributed by atoms with Gasteiger partial charge < -0.3 is 15.9 Å². The first-order valence-electron chi connectivity index (χ1n) is 9.97. The Bertz CT molecular complexity index is 1040. The number of fused-ring (bicyclic) bond motifs is 1. The molecule has 4 rings (SSSR count). The highest BCUT2D eigenvalue weighted by Crippen LogP contribution is 2.29. The van der Waals surface area contributed by atoms with Gasteiger partial charge >= 0.3 is 0 Å². The lowest BCUT2D eigenvalue weighted by molar-refractivity contribution is 0.0960. The molecule has 8 nitrogen and oxygen atoms in total. The Morgan fingerprint density at radius 2 is 2.17 bits per heavy atom. The van der Waals surface area contributed by atoms with E-state index < -0.39 is 0 Å².